The van der Waals surface area contributed by atoms with Gasteiger partial charge in [-0.05, 0) is 90.9 Å². The number of rotatable bonds is 9. The minimum absolute atomic E-state index is 0.0471. The van der Waals surface area contributed by atoms with E-state index in [1.807, 2.05) is 19.1 Å². The number of halogens is 2. The standard InChI is InChI=1S/C30H28F2N4O3/c1-20-14-25(32)5-4-23(20)15-22-16-28(35(18-22)30(38)19-36-33-12-13-34-36)29(37)17-21-2-8-26(9-3-21)39-27-10-6-24(31)7-11-27/h2-14,22,28H,15-19H2,1H3/t22-,28+/m1/s1. The molecule has 0 unspecified atom stereocenters. The monoisotopic (exact) mass is 530 g/mol. The van der Waals surface area contributed by atoms with E-state index in [4.69, 9.17) is 4.74 Å². The summed E-state index contributed by atoms with van der Waals surface area (Å²) in [7, 11) is 0. The van der Waals surface area contributed by atoms with Gasteiger partial charge in [-0.15, -0.1) is 0 Å². The molecule has 200 valence electrons. The van der Waals surface area contributed by atoms with Crippen LogP contribution in [0.4, 0.5) is 8.78 Å². The zero-order chi connectivity index (χ0) is 27.4. The molecular formula is C30H28F2N4O3. The second-order valence-electron chi connectivity index (χ2n) is 9.84. The van der Waals surface area contributed by atoms with E-state index >= 15 is 0 Å². The topological polar surface area (TPSA) is 77.3 Å². The molecule has 5 rings (SSSR count). The third kappa shape index (κ3) is 6.54. The van der Waals surface area contributed by atoms with Crippen LogP contribution in [-0.4, -0.2) is 44.2 Å². The summed E-state index contributed by atoms with van der Waals surface area (Å²) in [6.07, 6.45) is 4.34. The van der Waals surface area contributed by atoms with Crippen molar-refractivity contribution in [1.29, 1.82) is 0 Å². The molecule has 2 atom stereocenters. The number of amides is 1. The highest BCUT2D eigenvalue weighted by Crippen LogP contribution is 2.30. The number of aryl methyl sites for hydroxylation is 1. The van der Waals surface area contributed by atoms with Gasteiger partial charge >= 0.3 is 0 Å². The second kappa shape index (κ2) is 11.6. The van der Waals surface area contributed by atoms with Crippen molar-refractivity contribution in [2.24, 2.45) is 5.92 Å². The highest BCUT2D eigenvalue weighted by molar-refractivity contribution is 5.91. The van der Waals surface area contributed by atoms with Crippen molar-refractivity contribution in [3.05, 3.63) is 107 Å². The number of hydrogen-bond donors (Lipinski definition) is 0. The number of hydrogen-bond acceptors (Lipinski definition) is 5. The Kier molecular flexibility index (Phi) is 7.76. The van der Waals surface area contributed by atoms with Crippen LogP contribution < -0.4 is 4.74 Å². The lowest BCUT2D eigenvalue weighted by molar-refractivity contribution is -0.138. The fourth-order valence-electron chi connectivity index (χ4n) is 5.02. The van der Waals surface area contributed by atoms with Crippen molar-refractivity contribution < 1.29 is 23.1 Å². The van der Waals surface area contributed by atoms with Gasteiger partial charge in [0.1, 0.15) is 29.7 Å². The number of aromatic nitrogens is 3. The molecule has 1 amide bonds. The molecule has 0 spiro atoms. The lowest BCUT2D eigenvalue weighted by atomic mass is 9.92. The predicted molar refractivity (Wildman–Crippen MR) is 140 cm³/mol. The average molecular weight is 531 g/mol. The van der Waals surface area contributed by atoms with Crippen molar-refractivity contribution in [2.75, 3.05) is 6.54 Å². The van der Waals surface area contributed by atoms with Crippen LogP contribution >= 0.6 is 0 Å². The van der Waals surface area contributed by atoms with E-state index in [2.05, 4.69) is 10.2 Å². The first kappa shape index (κ1) is 26.2. The maximum absolute atomic E-state index is 13.6. The maximum Gasteiger partial charge on any atom is 0.246 e. The zero-order valence-electron chi connectivity index (χ0n) is 21.5. The molecule has 39 heavy (non-hydrogen) atoms. The summed E-state index contributed by atoms with van der Waals surface area (Å²) in [6, 6.07) is 17.0. The Hall–Kier alpha value is -4.40. The molecule has 1 aromatic heterocycles. The molecule has 7 nitrogen and oxygen atoms in total. The third-order valence-electron chi connectivity index (χ3n) is 6.99. The molecule has 9 heteroatoms. The van der Waals surface area contributed by atoms with Gasteiger partial charge in [0.05, 0.1) is 18.4 Å². The number of nitrogens with zero attached hydrogens (tertiary/aromatic N) is 4. The molecule has 1 aliphatic rings. The number of carbonyl (C=O) groups excluding carboxylic acids is 2. The highest BCUT2D eigenvalue weighted by Gasteiger charge is 2.39. The lowest BCUT2D eigenvalue weighted by Crippen LogP contribution is -2.43. The van der Waals surface area contributed by atoms with Gasteiger partial charge in [0.2, 0.25) is 5.91 Å². The smallest absolute Gasteiger partial charge is 0.246 e. The van der Waals surface area contributed by atoms with Crippen LogP contribution in [-0.2, 0) is 29.0 Å². The van der Waals surface area contributed by atoms with E-state index in [1.165, 1.54) is 41.5 Å². The molecule has 3 aromatic carbocycles. The quantitative estimate of drug-likeness (QED) is 0.307. The molecule has 1 aliphatic heterocycles. The zero-order valence-corrected chi connectivity index (χ0v) is 21.5. The Labute approximate surface area is 225 Å². The van der Waals surface area contributed by atoms with Crippen LogP contribution in [0.5, 0.6) is 11.5 Å². The van der Waals surface area contributed by atoms with Gasteiger partial charge in [-0.25, -0.2) is 8.78 Å². The summed E-state index contributed by atoms with van der Waals surface area (Å²) in [5.41, 5.74) is 2.66. The van der Waals surface area contributed by atoms with Crippen LogP contribution in [0.25, 0.3) is 0 Å². The second-order valence-corrected chi connectivity index (χ2v) is 9.84. The van der Waals surface area contributed by atoms with Crippen LogP contribution in [0.2, 0.25) is 0 Å². The van der Waals surface area contributed by atoms with Crippen molar-refractivity contribution >= 4 is 11.7 Å². The summed E-state index contributed by atoms with van der Waals surface area (Å²) in [5, 5.41) is 8.04. The average Bonchev–Trinajstić information content (AvgIpc) is 3.58. The predicted octanol–water partition coefficient (Wildman–Crippen LogP) is 4.93. The molecule has 0 saturated carbocycles. The maximum atomic E-state index is 13.6. The van der Waals surface area contributed by atoms with Gasteiger partial charge in [-0.3, -0.25) is 9.59 Å². The number of benzene rings is 3. The molecule has 2 heterocycles. The molecule has 0 bridgehead atoms. The minimum Gasteiger partial charge on any atom is -0.457 e. The summed E-state index contributed by atoms with van der Waals surface area (Å²) in [6.45, 7) is 2.25. The van der Waals surface area contributed by atoms with E-state index in [0.717, 1.165) is 16.7 Å². The summed E-state index contributed by atoms with van der Waals surface area (Å²) in [4.78, 5) is 29.7. The van der Waals surface area contributed by atoms with Crippen LogP contribution in [0.3, 0.4) is 0 Å². The van der Waals surface area contributed by atoms with Gasteiger partial charge in [-0.1, -0.05) is 18.2 Å². The van der Waals surface area contributed by atoms with E-state index < -0.39 is 6.04 Å². The van der Waals surface area contributed by atoms with Crippen molar-refractivity contribution in [3.8, 4) is 11.5 Å². The Balaban J connectivity index is 1.28. The van der Waals surface area contributed by atoms with Gasteiger partial charge in [0.25, 0.3) is 0 Å². The number of Topliss-reactive ketones (excluding diaryl/α,β-unsaturated/α-hetero) is 1. The van der Waals surface area contributed by atoms with Crippen LogP contribution in [0, 0.1) is 24.5 Å². The fourth-order valence-corrected chi connectivity index (χ4v) is 5.02. The number of ketones is 1. The van der Waals surface area contributed by atoms with Gasteiger partial charge in [0, 0.05) is 13.0 Å². The third-order valence-corrected chi connectivity index (χ3v) is 6.99. The molecule has 4 aromatic rings. The molecule has 0 radical (unpaired) electrons. The largest absolute Gasteiger partial charge is 0.457 e. The minimum atomic E-state index is -0.575. The Morgan fingerprint density at radius 1 is 0.923 bits per heavy atom. The van der Waals surface area contributed by atoms with Crippen LogP contribution in [0.15, 0.2) is 79.1 Å². The van der Waals surface area contributed by atoms with Gasteiger partial charge in [0.15, 0.2) is 5.78 Å². The molecule has 1 saturated heterocycles. The van der Waals surface area contributed by atoms with Gasteiger partial charge < -0.3 is 9.64 Å². The van der Waals surface area contributed by atoms with Crippen LogP contribution in [0.1, 0.15) is 23.1 Å². The Morgan fingerprint density at radius 3 is 2.23 bits per heavy atom. The SMILES string of the molecule is Cc1cc(F)ccc1C[C@@H]1C[C@@H](C(=O)Cc2ccc(Oc3ccc(F)cc3)cc2)N(C(=O)Cn2nccn2)C1. The summed E-state index contributed by atoms with van der Waals surface area (Å²) in [5.74, 6) is 0.239. The highest BCUT2D eigenvalue weighted by atomic mass is 19.1. The number of ether oxygens (including phenoxy) is 1. The van der Waals surface area contributed by atoms with Crippen molar-refractivity contribution in [1.82, 2.24) is 19.9 Å². The first-order valence-electron chi connectivity index (χ1n) is 12.8. The van der Waals surface area contributed by atoms with Gasteiger partial charge in [-0.2, -0.15) is 15.0 Å². The lowest BCUT2D eigenvalue weighted by Gasteiger charge is -2.23. The first-order chi connectivity index (χ1) is 18.8. The molecule has 0 N–H and O–H groups in total. The molecular weight excluding hydrogens is 502 g/mol. The van der Waals surface area contributed by atoms with E-state index in [9.17, 15) is 18.4 Å². The number of carbonyl (C=O) groups is 2. The Bertz CT molecular complexity index is 1440. The number of likely N-dealkylation sites (tertiary alicyclic amines) is 1. The fraction of sp³-hybridized carbons (Fsp3) is 0.267. The first-order valence-corrected chi connectivity index (χ1v) is 12.8. The van der Waals surface area contributed by atoms with E-state index in [1.54, 1.807) is 35.2 Å². The summed E-state index contributed by atoms with van der Waals surface area (Å²) < 4.78 is 32.5. The van der Waals surface area contributed by atoms with Crippen molar-refractivity contribution in [3.63, 3.8) is 0 Å². The van der Waals surface area contributed by atoms with E-state index in [0.29, 0.717) is 30.9 Å². The molecule has 0 aliphatic carbocycles. The normalized spacial score (nSPS) is 16.8. The van der Waals surface area contributed by atoms with E-state index in [-0.39, 0.29) is 42.2 Å². The summed E-state index contributed by atoms with van der Waals surface area (Å²) >= 11 is 0. The Morgan fingerprint density at radius 2 is 1.56 bits per heavy atom. The molecule has 1 fully saturated rings. The van der Waals surface area contributed by atoms with Crippen molar-refractivity contribution in [2.45, 2.75) is 38.8 Å².